The number of aliphatic hydroxyl groups is 1. The molecular weight excluding hydrogens is 444 g/mol. The molecule has 0 saturated heterocycles. The molecule has 8 atom stereocenters. The summed E-state index contributed by atoms with van der Waals surface area (Å²) in [5.74, 6) is -1.39. The molecule has 0 aromatic heterocycles. The second-order valence-electron chi connectivity index (χ2n) is 11.6. The van der Waals surface area contributed by atoms with E-state index in [1.807, 2.05) is 19.1 Å². The van der Waals surface area contributed by atoms with Crippen molar-refractivity contribution in [3.8, 4) is 0 Å². The fourth-order valence-corrected chi connectivity index (χ4v) is 7.65. The Hall–Kier alpha value is -2.73. The van der Waals surface area contributed by atoms with Gasteiger partial charge in [-0.05, 0) is 66.7 Å². The van der Waals surface area contributed by atoms with Crippen LogP contribution in [0.25, 0.3) is 0 Å². The third-order valence-electron chi connectivity index (χ3n) is 9.33. The van der Waals surface area contributed by atoms with Gasteiger partial charge in [-0.3, -0.25) is 9.59 Å². The number of ketones is 1. The molecule has 5 rings (SSSR count). The topological polar surface area (TPSA) is 89.9 Å². The largest absolute Gasteiger partial charge is 0.455 e. The molecule has 0 radical (unpaired) electrons. The summed E-state index contributed by atoms with van der Waals surface area (Å²) in [4.78, 5) is 39.9. The van der Waals surface area contributed by atoms with Crippen LogP contribution in [0.4, 0.5) is 0 Å². The number of allylic oxidation sites excluding steroid dienone is 1. The van der Waals surface area contributed by atoms with E-state index in [2.05, 4.69) is 13.8 Å². The third-order valence-corrected chi connectivity index (χ3v) is 9.33. The van der Waals surface area contributed by atoms with Gasteiger partial charge in [0.1, 0.15) is 0 Å². The number of hydrogen-bond donors (Lipinski definition) is 1. The molecule has 6 nitrogen and oxygen atoms in total. The van der Waals surface area contributed by atoms with E-state index in [1.165, 1.54) is 6.92 Å². The second kappa shape index (κ2) is 7.63. The van der Waals surface area contributed by atoms with Gasteiger partial charge in [0.2, 0.25) is 0 Å². The van der Waals surface area contributed by atoms with Crippen molar-refractivity contribution in [2.24, 2.45) is 34.5 Å². The van der Waals surface area contributed by atoms with Gasteiger partial charge in [0.15, 0.2) is 23.6 Å². The minimum atomic E-state index is -1.96. The Kier molecular flexibility index (Phi) is 5.23. The van der Waals surface area contributed by atoms with E-state index < -0.39 is 41.1 Å². The number of esters is 2. The van der Waals surface area contributed by atoms with Crippen LogP contribution in [0.2, 0.25) is 0 Å². The summed E-state index contributed by atoms with van der Waals surface area (Å²) >= 11 is 0. The van der Waals surface area contributed by atoms with Gasteiger partial charge in [-0.2, -0.15) is 0 Å². The molecule has 2 bridgehead atoms. The van der Waals surface area contributed by atoms with Crippen LogP contribution >= 0.6 is 0 Å². The van der Waals surface area contributed by atoms with Crippen LogP contribution < -0.4 is 0 Å². The van der Waals surface area contributed by atoms with E-state index in [4.69, 9.17) is 9.47 Å². The fourth-order valence-electron chi connectivity index (χ4n) is 7.65. The molecule has 186 valence electrons. The van der Waals surface area contributed by atoms with Crippen LogP contribution in [0.1, 0.15) is 58.3 Å². The average molecular weight is 479 g/mol. The van der Waals surface area contributed by atoms with Crippen LogP contribution in [0, 0.1) is 34.5 Å². The van der Waals surface area contributed by atoms with E-state index in [1.54, 1.807) is 44.2 Å². The Labute approximate surface area is 206 Å². The van der Waals surface area contributed by atoms with E-state index >= 15 is 0 Å². The molecular formula is C29H34O6. The van der Waals surface area contributed by atoms with Gasteiger partial charge in [-0.1, -0.05) is 51.1 Å². The highest BCUT2D eigenvalue weighted by Gasteiger charge is 2.77. The molecule has 0 aliphatic heterocycles. The summed E-state index contributed by atoms with van der Waals surface area (Å²) in [5.41, 5.74) is -1.74. The predicted octanol–water partition coefficient (Wildman–Crippen LogP) is 4.28. The molecule has 1 N–H and O–H groups in total. The Morgan fingerprint density at radius 1 is 1.03 bits per heavy atom. The molecule has 1 aromatic carbocycles. The van der Waals surface area contributed by atoms with Crippen LogP contribution in [0.5, 0.6) is 0 Å². The number of Topliss-reactive ketones (excluding diaryl/α,β-unsaturated/α-hetero) is 1. The highest BCUT2D eigenvalue weighted by molar-refractivity contribution is 5.96. The van der Waals surface area contributed by atoms with Crippen LogP contribution in [0.15, 0.2) is 53.6 Å². The van der Waals surface area contributed by atoms with Crippen LogP contribution in [-0.2, 0) is 19.1 Å². The number of hydrogen-bond acceptors (Lipinski definition) is 6. The Morgan fingerprint density at radius 3 is 2.29 bits per heavy atom. The molecule has 8 unspecified atom stereocenters. The fraction of sp³-hybridized carbons (Fsp3) is 0.552. The third kappa shape index (κ3) is 3.08. The minimum absolute atomic E-state index is 0.0122. The van der Waals surface area contributed by atoms with Crippen molar-refractivity contribution >= 4 is 17.7 Å². The van der Waals surface area contributed by atoms with E-state index in [-0.39, 0.29) is 23.0 Å². The van der Waals surface area contributed by atoms with Gasteiger partial charge < -0.3 is 14.6 Å². The van der Waals surface area contributed by atoms with Crippen molar-refractivity contribution in [1.29, 1.82) is 0 Å². The first-order valence-electron chi connectivity index (χ1n) is 12.4. The van der Waals surface area contributed by atoms with Gasteiger partial charge in [0.05, 0.1) is 11.0 Å². The van der Waals surface area contributed by atoms with Gasteiger partial charge in [0.25, 0.3) is 0 Å². The highest BCUT2D eigenvalue weighted by atomic mass is 16.6. The Balaban J connectivity index is 1.71. The average Bonchev–Trinajstić information content (AvgIpc) is 3.29. The van der Waals surface area contributed by atoms with E-state index in [9.17, 15) is 19.5 Å². The molecule has 35 heavy (non-hydrogen) atoms. The number of carbonyl (C=O) groups is 3. The lowest BCUT2D eigenvalue weighted by atomic mass is 9.59. The normalized spacial score (nSPS) is 40.8. The lowest BCUT2D eigenvalue weighted by Crippen LogP contribution is -2.66. The summed E-state index contributed by atoms with van der Waals surface area (Å²) in [6, 6.07) is 8.58. The van der Waals surface area contributed by atoms with Gasteiger partial charge in [0, 0.05) is 12.8 Å². The van der Waals surface area contributed by atoms with Crippen molar-refractivity contribution in [3.05, 3.63) is 59.2 Å². The molecule has 2 fully saturated rings. The predicted molar refractivity (Wildman–Crippen MR) is 129 cm³/mol. The van der Waals surface area contributed by atoms with E-state index in [0.29, 0.717) is 22.6 Å². The summed E-state index contributed by atoms with van der Waals surface area (Å²) in [7, 11) is 0. The quantitative estimate of drug-likeness (QED) is 0.515. The SMILES string of the molecule is CC(=O)OC1C(C)=CC23C(=O)C(C=C(C)C(OC(=O)c4ccccc4)C12O)C1C(CC3C)C1(C)C. The molecule has 0 amide bonds. The zero-order chi connectivity index (χ0) is 25.5. The van der Waals surface area contributed by atoms with Gasteiger partial charge in [-0.15, -0.1) is 0 Å². The summed E-state index contributed by atoms with van der Waals surface area (Å²) in [5, 5.41) is 12.7. The molecule has 1 spiro atoms. The maximum absolute atomic E-state index is 14.5. The van der Waals surface area contributed by atoms with Crippen molar-refractivity contribution in [2.45, 2.75) is 65.8 Å². The van der Waals surface area contributed by atoms with Crippen LogP contribution in [-0.4, -0.2) is 40.6 Å². The Morgan fingerprint density at radius 2 is 1.66 bits per heavy atom. The summed E-state index contributed by atoms with van der Waals surface area (Å²) in [6.07, 6.45) is 2.20. The number of fused-ring (bicyclic) bond motifs is 3. The first kappa shape index (κ1) is 24.0. The minimum Gasteiger partial charge on any atom is -0.455 e. The van der Waals surface area contributed by atoms with Gasteiger partial charge in [-0.25, -0.2) is 4.79 Å². The maximum atomic E-state index is 14.5. The number of carbonyl (C=O) groups excluding carboxylic acids is 3. The molecule has 0 heterocycles. The maximum Gasteiger partial charge on any atom is 0.338 e. The molecule has 6 heteroatoms. The number of rotatable bonds is 3. The first-order chi connectivity index (χ1) is 16.4. The second-order valence-corrected chi connectivity index (χ2v) is 11.6. The monoisotopic (exact) mass is 478 g/mol. The molecule has 4 aliphatic rings. The Bertz CT molecular complexity index is 1160. The smallest absolute Gasteiger partial charge is 0.338 e. The zero-order valence-electron chi connectivity index (χ0n) is 21.2. The van der Waals surface area contributed by atoms with E-state index in [0.717, 1.165) is 6.42 Å². The van der Waals surface area contributed by atoms with Crippen LogP contribution in [0.3, 0.4) is 0 Å². The number of benzene rings is 1. The lowest BCUT2D eigenvalue weighted by Gasteiger charge is -2.49. The zero-order valence-corrected chi connectivity index (χ0v) is 21.2. The highest BCUT2D eigenvalue weighted by Crippen LogP contribution is 2.71. The first-order valence-corrected chi connectivity index (χ1v) is 12.4. The van der Waals surface area contributed by atoms with Crippen molar-refractivity contribution in [1.82, 2.24) is 0 Å². The molecule has 1 aromatic rings. The van der Waals surface area contributed by atoms with Crippen molar-refractivity contribution < 1.29 is 29.0 Å². The van der Waals surface area contributed by atoms with Gasteiger partial charge >= 0.3 is 11.9 Å². The summed E-state index contributed by atoms with van der Waals surface area (Å²) < 4.78 is 11.7. The summed E-state index contributed by atoms with van der Waals surface area (Å²) in [6.45, 7) is 11.2. The van der Waals surface area contributed by atoms with Crippen molar-refractivity contribution in [3.63, 3.8) is 0 Å². The molecule has 4 aliphatic carbocycles. The lowest BCUT2D eigenvalue weighted by molar-refractivity contribution is -0.202. The van der Waals surface area contributed by atoms with Crippen molar-refractivity contribution in [2.75, 3.05) is 0 Å². The standard InChI is InChI=1S/C29H34O6/c1-15-12-20-22-21(27(22,5)6)13-17(3)28(23(20)31)14-16(2)25(34-18(4)30)29(28,33)24(15)35-26(32)19-10-8-7-9-11-19/h7-12,14,17,20-22,24-25,33H,13H2,1-6H3. The number of ether oxygens (including phenoxy) is 2. The molecule has 2 saturated carbocycles.